The number of halogens is 2. The fourth-order valence-corrected chi connectivity index (χ4v) is 3.12. The Kier molecular flexibility index (Phi) is 8.34. The number of hydrogen-bond acceptors (Lipinski definition) is 3. The number of piperazine rings is 1. The maximum absolute atomic E-state index is 13.3. The molecule has 0 aromatic heterocycles. The molecule has 0 radical (unpaired) electrons. The molecular formula is C18H28BrFN2O. The normalized spacial score (nSPS) is 16.7. The molecule has 5 heteroatoms. The second-order valence-corrected chi connectivity index (χ2v) is 6.97. The van der Waals surface area contributed by atoms with Gasteiger partial charge in [-0.25, -0.2) is 4.39 Å². The molecule has 1 saturated heterocycles. The zero-order chi connectivity index (χ0) is 16.5. The van der Waals surface area contributed by atoms with E-state index in [9.17, 15) is 4.39 Å². The lowest BCUT2D eigenvalue weighted by Crippen LogP contribution is -2.46. The molecule has 3 nitrogen and oxygen atoms in total. The van der Waals surface area contributed by atoms with Crippen LogP contribution in [-0.4, -0.2) is 55.7 Å². The van der Waals surface area contributed by atoms with Crippen molar-refractivity contribution in [3.63, 3.8) is 0 Å². The van der Waals surface area contributed by atoms with Gasteiger partial charge in [0.05, 0.1) is 11.1 Å². The monoisotopic (exact) mass is 386 g/mol. The third kappa shape index (κ3) is 6.77. The molecule has 0 spiro atoms. The highest BCUT2D eigenvalue weighted by Crippen LogP contribution is 2.21. The van der Waals surface area contributed by atoms with Crippen molar-refractivity contribution in [3.8, 4) is 5.75 Å². The number of rotatable bonds is 9. The van der Waals surface area contributed by atoms with Crippen LogP contribution in [0.4, 0.5) is 4.39 Å². The third-order valence-electron chi connectivity index (χ3n) is 4.44. The summed E-state index contributed by atoms with van der Waals surface area (Å²) < 4.78 is 19.4. The highest BCUT2D eigenvalue weighted by Gasteiger charge is 2.14. The van der Waals surface area contributed by atoms with Gasteiger partial charge in [-0.2, -0.15) is 0 Å². The smallest absolute Gasteiger partial charge is 0.141 e. The Hall–Kier alpha value is -0.650. The first-order valence-corrected chi connectivity index (χ1v) is 9.51. The van der Waals surface area contributed by atoms with Gasteiger partial charge in [-0.3, -0.25) is 0 Å². The fourth-order valence-electron chi connectivity index (χ4n) is 2.88. The first-order chi connectivity index (χ1) is 11.2. The molecule has 1 aromatic carbocycles. The van der Waals surface area contributed by atoms with Crippen molar-refractivity contribution in [3.05, 3.63) is 28.5 Å². The van der Waals surface area contributed by atoms with Crippen LogP contribution >= 0.6 is 15.9 Å². The van der Waals surface area contributed by atoms with Crippen LogP contribution in [0.3, 0.4) is 0 Å². The van der Waals surface area contributed by atoms with E-state index >= 15 is 0 Å². The Morgan fingerprint density at radius 3 is 2.43 bits per heavy atom. The van der Waals surface area contributed by atoms with Crippen molar-refractivity contribution in [2.24, 2.45) is 0 Å². The predicted octanol–water partition coefficient (Wildman–Crippen LogP) is 4.16. The average molecular weight is 387 g/mol. The second-order valence-electron chi connectivity index (χ2n) is 6.11. The molecule has 1 aromatic rings. The average Bonchev–Trinajstić information content (AvgIpc) is 2.57. The van der Waals surface area contributed by atoms with Crippen molar-refractivity contribution < 1.29 is 9.13 Å². The van der Waals surface area contributed by atoms with Crippen molar-refractivity contribution in [2.45, 2.75) is 32.6 Å². The van der Waals surface area contributed by atoms with Gasteiger partial charge in [0.25, 0.3) is 0 Å². The van der Waals surface area contributed by atoms with Crippen molar-refractivity contribution in [1.82, 2.24) is 9.80 Å². The number of likely N-dealkylation sites (N-methyl/N-ethyl adjacent to an activating group) is 1. The minimum absolute atomic E-state index is 0.273. The lowest BCUT2D eigenvalue weighted by Gasteiger charge is -2.33. The molecule has 0 amide bonds. The molecule has 0 atom stereocenters. The Balaban J connectivity index is 1.47. The van der Waals surface area contributed by atoms with Gasteiger partial charge < -0.3 is 14.5 Å². The van der Waals surface area contributed by atoms with E-state index in [0.717, 1.165) is 6.42 Å². The number of hydrogen-bond donors (Lipinski definition) is 0. The van der Waals surface area contributed by atoms with Gasteiger partial charge in [0, 0.05) is 32.2 Å². The first-order valence-electron chi connectivity index (χ1n) is 8.71. The summed E-state index contributed by atoms with van der Waals surface area (Å²) in [6.07, 6.45) is 4.71. The molecule has 2 rings (SSSR count). The summed E-state index contributed by atoms with van der Waals surface area (Å²) in [4.78, 5) is 5.09. The van der Waals surface area contributed by atoms with Gasteiger partial charge in [-0.15, -0.1) is 0 Å². The van der Waals surface area contributed by atoms with Crippen molar-refractivity contribution in [1.29, 1.82) is 0 Å². The molecule has 23 heavy (non-hydrogen) atoms. The van der Waals surface area contributed by atoms with E-state index in [0.29, 0.717) is 16.8 Å². The van der Waals surface area contributed by atoms with Gasteiger partial charge in [0.2, 0.25) is 0 Å². The number of benzene rings is 1. The zero-order valence-corrected chi connectivity index (χ0v) is 15.7. The zero-order valence-electron chi connectivity index (χ0n) is 14.1. The first kappa shape index (κ1) is 18.7. The number of ether oxygens (including phenoxy) is 1. The number of unbranched alkanes of at least 4 members (excludes halogenated alkanes) is 3. The highest BCUT2D eigenvalue weighted by molar-refractivity contribution is 9.10. The molecule has 0 saturated carbocycles. The molecule has 1 aliphatic rings. The van der Waals surface area contributed by atoms with Crippen LogP contribution in [0.5, 0.6) is 5.75 Å². The summed E-state index contributed by atoms with van der Waals surface area (Å²) in [6, 6.07) is 4.91. The summed E-state index contributed by atoms with van der Waals surface area (Å²) in [6.45, 7) is 10.2. The van der Waals surface area contributed by atoms with E-state index in [2.05, 4.69) is 32.7 Å². The third-order valence-corrected chi connectivity index (χ3v) is 5.08. The van der Waals surface area contributed by atoms with E-state index in [1.807, 2.05) is 0 Å². The lowest BCUT2D eigenvalue weighted by molar-refractivity contribution is 0.135. The molecular weight excluding hydrogens is 359 g/mol. The van der Waals surface area contributed by atoms with Crippen LogP contribution < -0.4 is 4.74 Å². The van der Waals surface area contributed by atoms with Crippen molar-refractivity contribution >= 4 is 15.9 Å². The minimum atomic E-state index is -0.273. The number of nitrogens with zero attached hydrogens (tertiary/aromatic N) is 2. The van der Waals surface area contributed by atoms with E-state index in [1.165, 1.54) is 64.6 Å². The van der Waals surface area contributed by atoms with E-state index in [4.69, 9.17) is 4.74 Å². The van der Waals surface area contributed by atoms with Crippen LogP contribution in [0.2, 0.25) is 0 Å². The summed E-state index contributed by atoms with van der Waals surface area (Å²) in [7, 11) is 0. The van der Waals surface area contributed by atoms with Crippen LogP contribution in [0.1, 0.15) is 32.6 Å². The van der Waals surface area contributed by atoms with E-state index in [-0.39, 0.29) is 5.82 Å². The van der Waals surface area contributed by atoms with Crippen LogP contribution in [0.25, 0.3) is 0 Å². The summed E-state index contributed by atoms with van der Waals surface area (Å²) in [5.74, 6) is 0.338. The van der Waals surface area contributed by atoms with Gasteiger partial charge in [-0.05, 0) is 54.0 Å². The Morgan fingerprint density at radius 1 is 1.04 bits per heavy atom. The molecule has 0 N–H and O–H groups in total. The fraction of sp³-hybridized carbons (Fsp3) is 0.667. The Morgan fingerprint density at radius 2 is 1.74 bits per heavy atom. The molecule has 1 fully saturated rings. The molecule has 130 valence electrons. The lowest BCUT2D eigenvalue weighted by atomic mass is 10.2. The second kappa shape index (κ2) is 10.3. The molecule has 0 unspecified atom stereocenters. The quantitative estimate of drug-likeness (QED) is 0.592. The maximum Gasteiger partial charge on any atom is 0.141 e. The molecule has 0 bridgehead atoms. The van der Waals surface area contributed by atoms with Gasteiger partial charge in [0.1, 0.15) is 11.6 Å². The Bertz CT molecular complexity index is 464. The standard InChI is InChI=1S/C18H28BrFN2O/c1-2-21-10-12-22(13-11-21)9-5-3-4-6-14-23-16-7-8-17(19)18(20)15-16/h7-8,15H,2-6,9-14H2,1H3. The largest absolute Gasteiger partial charge is 0.493 e. The molecule has 0 aliphatic carbocycles. The SMILES string of the molecule is CCN1CCN(CCCCCCOc2ccc(Br)c(F)c2)CC1. The summed E-state index contributed by atoms with van der Waals surface area (Å²) >= 11 is 3.14. The van der Waals surface area contributed by atoms with Gasteiger partial charge in [0.15, 0.2) is 0 Å². The molecule has 1 aliphatic heterocycles. The maximum atomic E-state index is 13.3. The Labute approximate surface area is 147 Å². The van der Waals surface area contributed by atoms with E-state index < -0.39 is 0 Å². The van der Waals surface area contributed by atoms with Crippen LogP contribution in [-0.2, 0) is 0 Å². The topological polar surface area (TPSA) is 15.7 Å². The van der Waals surface area contributed by atoms with Crippen molar-refractivity contribution in [2.75, 3.05) is 45.9 Å². The molecule has 1 heterocycles. The summed E-state index contributed by atoms with van der Waals surface area (Å²) in [5, 5.41) is 0. The minimum Gasteiger partial charge on any atom is -0.493 e. The van der Waals surface area contributed by atoms with Gasteiger partial charge in [-0.1, -0.05) is 19.8 Å². The van der Waals surface area contributed by atoms with Crippen LogP contribution in [0.15, 0.2) is 22.7 Å². The predicted molar refractivity (Wildman–Crippen MR) is 96.6 cm³/mol. The highest BCUT2D eigenvalue weighted by atomic mass is 79.9. The van der Waals surface area contributed by atoms with E-state index in [1.54, 1.807) is 12.1 Å². The summed E-state index contributed by atoms with van der Waals surface area (Å²) in [5.41, 5.74) is 0. The van der Waals surface area contributed by atoms with Gasteiger partial charge >= 0.3 is 0 Å². The van der Waals surface area contributed by atoms with Crippen LogP contribution in [0, 0.1) is 5.82 Å².